The van der Waals surface area contributed by atoms with Crippen LogP contribution in [-0.2, 0) is 0 Å². The highest BCUT2D eigenvalue weighted by atomic mass is 15.1. The summed E-state index contributed by atoms with van der Waals surface area (Å²) in [7, 11) is 0. The number of anilines is 3. The zero-order valence-corrected chi connectivity index (χ0v) is 21.8. The Labute approximate surface area is 229 Å². The Hall–Kier alpha value is -5.08. The first-order valence-corrected chi connectivity index (χ1v) is 13.4. The smallest absolute Gasteiger partial charge is 0.0548 e. The molecular formula is C37H28N2. The van der Waals surface area contributed by atoms with Gasteiger partial charge >= 0.3 is 0 Å². The van der Waals surface area contributed by atoms with E-state index in [0.29, 0.717) is 0 Å². The molecule has 0 spiro atoms. The Kier molecular flexibility index (Phi) is 5.71. The Morgan fingerprint density at radius 1 is 0.487 bits per heavy atom. The number of aromatic nitrogens is 1. The van der Waals surface area contributed by atoms with Crippen LogP contribution in [0.1, 0.15) is 5.56 Å². The van der Waals surface area contributed by atoms with Gasteiger partial charge in [0.25, 0.3) is 0 Å². The highest BCUT2D eigenvalue weighted by Crippen LogP contribution is 2.45. The zero-order chi connectivity index (χ0) is 26.2. The van der Waals surface area contributed by atoms with Gasteiger partial charge in [0.15, 0.2) is 0 Å². The van der Waals surface area contributed by atoms with Crippen LogP contribution in [-0.4, -0.2) is 4.57 Å². The molecule has 0 aliphatic rings. The molecule has 0 aliphatic carbocycles. The predicted octanol–water partition coefficient (Wildman–Crippen LogP) is 10.2. The van der Waals surface area contributed by atoms with Gasteiger partial charge in [0.1, 0.15) is 0 Å². The molecule has 1 aromatic heterocycles. The van der Waals surface area contributed by atoms with Crippen LogP contribution in [0.4, 0.5) is 17.1 Å². The van der Waals surface area contributed by atoms with Crippen molar-refractivity contribution in [1.29, 1.82) is 0 Å². The summed E-state index contributed by atoms with van der Waals surface area (Å²) in [6, 6.07) is 54.3. The molecule has 0 N–H and O–H groups in total. The Morgan fingerprint density at radius 2 is 1.08 bits per heavy atom. The van der Waals surface area contributed by atoms with Gasteiger partial charge in [0.2, 0.25) is 0 Å². The molecule has 39 heavy (non-hydrogen) atoms. The topological polar surface area (TPSA) is 8.17 Å². The molecule has 2 nitrogen and oxygen atoms in total. The van der Waals surface area contributed by atoms with E-state index in [0.717, 1.165) is 22.7 Å². The van der Waals surface area contributed by atoms with E-state index in [1.807, 2.05) is 0 Å². The van der Waals surface area contributed by atoms with Crippen LogP contribution in [0.15, 0.2) is 152 Å². The van der Waals surface area contributed by atoms with E-state index < -0.39 is 0 Å². The number of rotatable bonds is 5. The Balaban J connectivity index is 1.61. The van der Waals surface area contributed by atoms with E-state index in [4.69, 9.17) is 0 Å². The first-order valence-electron chi connectivity index (χ1n) is 13.4. The van der Waals surface area contributed by atoms with Crippen molar-refractivity contribution in [2.75, 3.05) is 4.90 Å². The Bertz CT molecular complexity index is 1890. The second kappa shape index (κ2) is 9.66. The number of hydrogen-bond acceptors (Lipinski definition) is 1. The molecule has 2 heteroatoms. The van der Waals surface area contributed by atoms with Crippen LogP contribution in [0.25, 0.3) is 38.6 Å². The van der Waals surface area contributed by atoms with Gasteiger partial charge in [-0.15, -0.1) is 0 Å². The SMILES string of the molecule is Cc1ccc(N(c2ccccc2)c2cc3c4ccccc4n(-c4ccccc4)c3cc2-c2ccccc2)cc1. The van der Waals surface area contributed by atoms with Crippen LogP contribution in [0.2, 0.25) is 0 Å². The second-order valence-electron chi connectivity index (χ2n) is 9.95. The normalized spacial score (nSPS) is 11.2. The quantitative estimate of drug-likeness (QED) is 0.228. The number of benzene rings is 6. The summed E-state index contributed by atoms with van der Waals surface area (Å²) in [5, 5.41) is 2.48. The van der Waals surface area contributed by atoms with E-state index in [1.165, 1.54) is 38.5 Å². The number of para-hydroxylation sites is 3. The van der Waals surface area contributed by atoms with Gasteiger partial charge in [-0.1, -0.05) is 103 Å². The fourth-order valence-corrected chi connectivity index (χ4v) is 5.59. The third-order valence-corrected chi connectivity index (χ3v) is 7.44. The first-order chi connectivity index (χ1) is 19.3. The van der Waals surface area contributed by atoms with E-state index in [9.17, 15) is 0 Å². The fraction of sp³-hybridized carbons (Fsp3) is 0.0270. The van der Waals surface area contributed by atoms with Crippen molar-refractivity contribution in [2.24, 2.45) is 0 Å². The lowest BCUT2D eigenvalue weighted by molar-refractivity contribution is 1.18. The summed E-state index contributed by atoms with van der Waals surface area (Å²) in [6.07, 6.45) is 0. The average Bonchev–Trinajstić information content (AvgIpc) is 3.33. The molecular weight excluding hydrogens is 472 g/mol. The maximum atomic E-state index is 2.39. The van der Waals surface area contributed by atoms with Gasteiger partial charge < -0.3 is 9.47 Å². The third-order valence-electron chi connectivity index (χ3n) is 7.44. The molecule has 6 aromatic carbocycles. The highest BCUT2D eigenvalue weighted by molar-refractivity contribution is 6.13. The summed E-state index contributed by atoms with van der Waals surface area (Å²) in [5.41, 5.74) is 10.6. The molecule has 7 aromatic rings. The minimum absolute atomic E-state index is 1.13. The molecule has 7 rings (SSSR count). The third kappa shape index (κ3) is 4.07. The van der Waals surface area contributed by atoms with Crippen molar-refractivity contribution in [3.63, 3.8) is 0 Å². The van der Waals surface area contributed by atoms with Gasteiger partial charge in [-0.3, -0.25) is 0 Å². The maximum Gasteiger partial charge on any atom is 0.0548 e. The molecule has 0 bridgehead atoms. The summed E-state index contributed by atoms with van der Waals surface area (Å²) in [6.45, 7) is 2.14. The van der Waals surface area contributed by atoms with Crippen LogP contribution < -0.4 is 4.90 Å². The number of nitrogens with zero attached hydrogens (tertiary/aromatic N) is 2. The van der Waals surface area contributed by atoms with Crippen molar-refractivity contribution in [2.45, 2.75) is 6.92 Å². The highest BCUT2D eigenvalue weighted by Gasteiger charge is 2.21. The lowest BCUT2D eigenvalue weighted by atomic mass is 9.99. The number of fused-ring (bicyclic) bond motifs is 3. The minimum Gasteiger partial charge on any atom is -0.310 e. The lowest BCUT2D eigenvalue weighted by Crippen LogP contribution is -2.11. The van der Waals surface area contributed by atoms with Gasteiger partial charge in [-0.25, -0.2) is 0 Å². The number of hydrogen-bond donors (Lipinski definition) is 0. The minimum atomic E-state index is 1.13. The standard InChI is InChI=1S/C37H28N2/c1-27-21-23-31(24-22-27)38(29-15-7-3-8-16-29)36-26-34-32-19-11-12-20-35(32)39(30-17-9-4-10-18-30)37(34)25-33(36)28-13-5-2-6-14-28/h2-26H,1H3. The molecule has 1 heterocycles. The second-order valence-corrected chi connectivity index (χ2v) is 9.95. The van der Waals surface area contributed by atoms with Crippen LogP contribution >= 0.6 is 0 Å². The lowest BCUT2D eigenvalue weighted by Gasteiger charge is -2.28. The van der Waals surface area contributed by atoms with E-state index in [-0.39, 0.29) is 0 Å². The molecule has 0 radical (unpaired) electrons. The van der Waals surface area contributed by atoms with Crippen molar-refractivity contribution >= 4 is 38.9 Å². The predicted molar refractivity (Wildman–Crippen MR) is 166 cm³/mol. The van der Waals surface area contributed by atoms with Crippen LogP contribution in [0.5, 0.6) is 0 Å². The summed E-state index contributed by atoms with van der Waals surface area (Å²) >= 11 is 0. The molecule has 0 saturated heterocycles. The summed E-state index contributed by atoms with van der Waals surface area (Å²) in [4.78, 5) is 2.38. The summed E-state index contributed by atoms with van der Waals surface area (Å²) in [5.74, 6) is 0. The van der Waals surface area contributed by atoms with Crippen LogP contribution in [0, 0.1) is 6.92 Å². The molecule has 0 fully saturated rings. The van der Waals surface area contributed by atoms with E-state index in [2.05, 4.69) is 168 Å². The van der Waals surface area contributed by atoms with E-state index in [1.54, 1.807) is 0 Å². The maximum absolute atomic E-state index is 2.39. The molecule has 0 aliphatic heterocycles. The zero-order valence-electron chi connectivity index (χ0n) is 21.8. The van der Waals surface area contributed by atoms with Gasteiger partial charge in [0.05, 0.1) is 16.7 Å². The van der Waals surface area contributed by atoms with Crippen molar-refractivity contribution in [3.05, 3.63) is 157 Å². The van der Waals surface area contributed by atoms with Gasteiger partial charge in [-0.2, -0.15) is 0 Å². The largest absolute Gasteiger partial charge is 0.310 e. The molecule has 0 unspecified atom stereocenters. The van der Waals surface area contributed by atoms with Crippen molar-refractivity contribution in [3.8, 4) is 16.8 Å². The number of aryl methyl sites for hydroxylation is 1. The molecule has 186 valence electrons. The average molecular weight is 501 g/mol. The monoisotopic (exact) mass is 500 g/mol. The van der Waals surface area contributed by atoms with Crippen molar-refractivity contribution in [1.82, 2.24) is 4.57 Å². The van der Waals surface area contributed by atoms with E-state index >= 15 is 0 Å². The summed E-state index contributed by atoms with van der Waals surface area (Å²) < 4.78 is 2.39. The van der Waals surface area contributed by atoms with Gasteiger partial charge in [-0.05, 0) is 67.1 Å². The fourth-order valence-electron chi connectivity index (χ4n) is 5.59. The van der Waals surface area contributed by atoms with Crippen LogP contribution in [0.3, 0.4) is 0 Å². The molecule has 0 saturated carbocycles. The Morgan fingerprint density at radius 3 is 1.79 bits per heavy atom. The molecule has 0 amide bonds. The first kappa shape index (κ1) is 23.1. The van der Waals surface area contributed by atoms with Gasteiger partial charge in [0, 0.05) is 33.4 Å². The molecule has 0 atom stereocenters. The van der Waals surface area contributed by atoms with Crippen molar-refractivity contribution < 1.29 is 0 Å².